The number of carboxylic acid groups (broad SMARTS) is 1. The van der Waals surface area contributed by atoms with Crippen LogP contribution in [0.15, 0.2) is 28.7 Å². The Balaban J connectivity index is 2.96. The number of halogens is 1. The third-order valence-electron chi connectivity index (χ3n) is 2.56. The summed E-state index contributed by atoms with van der Waals surface area (Å²) in [5.41, 5.74) is 0.408. The van der Waals surface area contributed by atoms with E-state index in [4.69, 9.17) is 9.84 Å². The fraction of sp³-hybridized carbons (Fsp3) is 0.385. The second-order valence-electron chi connectivity index (χ2n) is 3.98. The summed E-state index contributed by atoms with van der Waals surface area (Å²) in [5, 5.41) is 9.16. The minimum Gasteiger partial charge on any atom is -0.480 e. The summed E-state index contributed by atoms with van der Waals surface area (Å²) in [4.78, 5) is 23.1. The molecule has 98 valence electrons. The maximum Gasteiger partial charge on any atom is 0.325 e. The molecule has 0 aliphatic carbocycles. The van der Waals surface area contributed by atoms with Crippen LogP contribution in [-0.4, -0.2) is 23.1 Å². The highest BCUT2D eigenvalue weighted by molar-refractivity contribution is 9.10. The monoisotopic (exact) mass is 314 g/mol. The lowest BCUT2D eigenvalue weighted by molar-refractivity contribution is -0.157. The van der Waals surface area contributed by atoms with Crippen LogP contribution in [0.5, 0.6) is 0 Å². The molecule has 1 aromatic rings. The van der Waals surface area contributed by atoms with Crippen molar-refractivity contribution in [2.45, 2.75) is 32.3 Å². The van der Waals surface area contributed by atoms with Gasteiger partial charge < -0.3 is 9.84 Å². The minimum atomic E-state index is -1.28. The molecule has 1 N–H and O–H groups in total. The van der Waals surface area contributed by atoms with Gasteiger partial charge in [-0.25, -0.2) is 0 Å². The summed E-state index contributed by atoms with van der Waals surface area (Å²) in [6.07, 6.45) is 0.364. The van der Waals surface area contributed by atoms with E-state index >= 15 is 0 Å². The molecule has 2 atom stereocenters. The number of carbonyl (C=O) groups is 2. The summed E-state index contributed by atoms with van der Waals surface area (Å²) < 4.78 is 5.81. The molecule has 0 aliphatic rings. The molecule has 0 amide bonds. The van der Waals surface area contributed by atoms with Crippen molar-refractivity contribution < 1.29 is 19.4 Å². The van der Waals surface area contributed by atoms with Crippen LogP contribution in [-0.2, 0) is 14.3 Å². The number of hydrogen-bond acceptors (Lipinski definition) is 3. The Hall–Kier alpha value is -1.36. The zero-order chi connectivity index (χ0) is 13.7. The van der Waals surface area contributed by atoms with Gasteiger partial charge in [0.25, 0.3) is 0 Å². The van der Waals surface area contributed by atoms with E-state index in [0.717, 1.165) is 4.47 Å². The van der Waals surface area contributed by atoms with Gasteiger partial charge in [0.15, 0.2) is 5.92 Å². The summed E-state index contributed by atoms with van der Waals surface area (Å²) >= 11 is 3.25. The molecule has 0 spiro atoms. The van der Waals surface area contributed by atoms with Gasteiger partial charge in [-0.1, -0.05) is 35.0 Å². The van der Waals surface area contributed by atoms with Gasteiger partial charge in [0.2, 0.25) is 0 Å². The molecule has 0 bridgehead atoms. The summed E-state index contributed by atoms with van der Waals surface area (Å²) in [7, 11) is 0. The SMILES string of the molecule is CCC(C)OC(=O)C(C(=O)O)c1cccc(Br)c1. The third kappa shape index (κ3) is 3.84. The third-order valence-corrected chi connectivity index (χ3v) is 3.05. The fourth-order valence-electron chi connectivity index (χ4n) is 1.42. The lowest BCUT2D eigenvalue weighted by Crippen LogP contribution is -2.26. The molecule has 0 heterocycles. The van der Waals surface area contributed by atoms with Crippen molar-refractivity contribution in [1.82, 2.24) is 0 Å². The molecule has 0 aliphatic heterocycles. The zero-order valence-electron chi connectivity index (χ0n) is 10.2. The van der Waals surface area contributed by atoms with Gasteiger partial charge in [-0.05, 0) is 31.0 Å². The summed E-state index contributed by atoms with van der Waals surface area (Å²) in [5.74, 6) is -3.21. The topological polar surface area (TPSA) is 63.6 Å². The lowest BCUT2D eigenvalue weighted by Gasteiger charge is -2.16. The highest BCUT2D eigenvalue weighted by Crippen LogP contribution is 2.22. The van der Waals surface area contributed by atoms with Crippen molar-refractivity contribution in [1.29, 1.82) is 0 Å². The number of ether oxygens (including phenoxy) is 1. The van der Waals surface area contributed by atoms with Crippen molar-refractivity contribution in [2.75, 3.05) is 0 Å². The Morgan fingerprint density at radius 3 is 2.61 bits per heavy atom. The van der Waals surface area contributed by atoms with Gasteiger partial charge in [0.05, 0.1) is 6.10 Å². The van der Waals surface area contributed by atoms with Crippen LogP contribution in [0.1, 0.15) is 31.7 Å². The van der Waals surface area contributed by atoms with Crippen molar-refractivity contribution >= 4 is 27.9 Å². The molecule has 1 rings (SSSR count). The van der Waals surface area contributed by atoms with Crippen molar-refractivity contribution in [2.24, 2.45) is 0 Å². The van der Waals surface area contributed by atoms with E-state index < -0.39 is 17.9 Å². The molecule has 5 heteroatoms. The summed E-state index contributed by atoms with van der Waals surface area (Å²) in [6, 6.07) is 6.66. The largest absolute Gasteiger partial charge is 0.480 e. The number of aliphatic carboxylic acids is 1. The van der Waals surface area contributed by atoms with E-state index in [2.05, 4.69) is 15.9 Å². The van der Waals surface area contributed by atoms with Crippen molar-refractivity contribution in [3.05, 3.63) is 34.3 Å². The second kappa shape index (κ2) is 6.54. The van der Waals surface area contributed by atoms with E-state index in [1.165, 1.54) is 0 Å². The Morgan fingerprint density at radius 2 is 2.11 bits per heavy atom. The van der Waals surface area contributed by atoms with Gasteiger partial charge in [-0.3, -0.25) is 9.59 Å². The number of benzene rings is 1. The molecular weight excluding hydrogens is 300 g/mol. The van der Waals surface area contributed by atoms with Gasteiger partial charge in [-0.2, -0.15) is 0 Å². The van der Waals surface area contributed by atoms with Crippen molar-refractivity contribution in [3.8, 4) is 0 Å². The Labute approximate surface area is 114 Å². The van der Waals surface area contributed by atoms with E-state index in [0.29, 0.717) is 12.0 Å². The molecule has 0 radical (unpaired) electrons. The molecule has 18 heavy (non-hydrogen) atoms. The van der Waals surface area contributed by atoms with Crippen molar-refractivity contribution in [3.63, 3.8) is 0 Å². The highest BCUT2D eigenvalue weighted by Gasteiger charge is 2.30. The van der Waals surface area contributed by atoms with E-state index in [-0.39, 0.29) is 6.10 Å². The van der Waals surface area contributed by atoms with Crippen LogP contribution in [0.3, 0.4) is 0 Å². The average Bonchev–Trinajstić information content (AvgIpc) is 2.28. The number of hydrogen-bond donors (Lipinski definition) is 1. The molecular formula is C13H15BrO4. The van der Waals surface area contributed by atoms with E-state index in [9.17, 15) is 9.59 Å². The zero-order valence-corrected chi connectivity index (χ0v) is 11.8. The standard InChI is InChI=1S/C13H15BrO4/c1-3-8(2)18-13(17)11(12(15)16)9-5-4-6-10(14)7-9/h4-8,11H,3H2,1-2H3,(H,15,16). The first-order chi connectivity index (χ1) is 8.45. The molecule has 0 fully saturated rings. The van der Waals surface area contributed by atoms with Gasteiger partial charge in [-0.15, -0.1) is 0 Å². The molecule has 1 aromatic carbocycles. The van der Waals surface area contributed by atoms with Gasteiger partial charge in [0, 0.05) is 4.47 Å². The maximum absolute atomic E-state index is 11.8. The van der Waals surface area contributed by atoms with Gasteiger partial charge >= 0.3 is 11.9 Å². The fourth-order valence-corrected chi connectivity index (χ4v) is 1.83. The number of carboxylic acids is 1. The maximum atomic E-state index is 11.8. The number of rotatable bonds is 5. The predicted molar refractivity (Wildman–Crippen MR) is 70.4 cm³/mol. The first-order valence-electron chi connectivity index (χ1n) is 5.64. The number of esters is 1. The highest BCUT2D eigenvalue weighted by atomic mass is 79.9. The van der Waals surface area contributed by atoms with Crippen LogP contribution < -0.4 is 0 Å². The van der Waals surface area contributed by atoms with Crippen LogP contribution in [0.2, 0.25) is 0 Å². The van der Waals surface area contributed by atoms with Crippen LogP contribution in [0.4, 0.5) is 0 Å². The van der Waals surface area contributed by atoms with E-state index in [1.54, 1.807) is 31.2 Å². The summed E-state index contributed by atoms with van der Waals surface area (Å²) in [6.45, 7) is 3.60. The smallest absolute Gasteiger partial charge is 0.325 e. The Bertz CT molecular complexity index is 444. The molecule has 4 nitrogen and oxygen atoms in total. The lowest BCUT2D eigenvalue weighted by atomic mass is 9.99. The normalized spacial score (nSPS) is 13.7. The second-order valence-corrected chi connectivity index (χ2v) is 4.90. The van der Waals surface area contributed by atoms with Crippen LogP contribution >= 0.6 is 15.9 Å². The molecule has 0 saturated heterocycles. The van der Waals surface area contributed by atoms with Gasteiger partial charge in [0.1, 0.15) is 0 Å². The Morgan fingerprint density at radius 1 is 1.44 bits per heavy atom. The average molecular weight is 315 g/mol. The predicted octanol–water partition coefficient (Wildman–Crippen LogP) is 2.96. The first kappa shape index (κ1) is 14.7. The molecule has 0 saturated carbocycles. The first-order valence-corrected chi connectivity index (χ1v) is 6.43. The number of carbonyl (C=O) groups excluding carboxylic acids is 1. The molecule has 2 unspecified atom stereocenters. The minimum absolute atomic E-state index is 0.286. The molecule has 0 aromatic heterocycles. The Kier molecular flexibility index (Phi) is 5.34. The van der Waals surface area contributed by atoms with E-state index in [1.807, 2.05) is 6.92 Å². The van der Waals surface area contributed by atoms with Crippen LogP contribution in [0, 0.1) is 0 Å². The quantitative estimate of drug-likeness (QED) is 0.670. The van der Waals surface area contributed by atoms with Crippen LogP contribution in [0.25, 0.3) is 0 Å².